The summed E-state index contributed by atoms with van der Waals surface area (Å²) in [7, 11) is 0. The molecule has 0 saturated carbocycles. The van der Waals surface area contributed by atoms with E-state index in [1.807, 2.05) is 0 Å². The Kier molecular flexibility index (Phi) is 4.51. The van der Waals surface area contributed by atoms with E-state index in [0.29, 0.717) is 17.5 Å². The Morgan fingerprint density at radius 3 is 3.00 bits per heavy atom. The van der Waals surface area contributed by atoms with Crippen molar-refractivity contribution in [1.82, 2.24) is 10.2 Å². The molecule has 0 atom stereocenters. The molecular formula is C12H13N3O3S. The smallest absolute Gasteiger partial charge is 0.276 e. The standard InChI is InChI=1S/C12H13N3O3S/c1-2-6-19-12-14-13-11(18-12)8-9-4-3-5-10(7-9)15(16)17/h3-5,7H,2,6,8H2,1H3. The molecule has 0 bridgehead atoms. The van der Waals surface area contributed by atoms with Gasteiger partial charge in [-0.3, -0.25) is 10.1 Å². The van der Waals surface area contributed by atoms with Crippen molar-refractivity contribution in [2.45, 2.75) is 25.0 Å². The lowest BCUT2D eigenvalue weighted by Crippen LogP contribution is -1.92. The summed E-state index contributed by atoms with van der Waals surface area (Å²) in [5.74, 6) is 1.40. The van der Waals surface area contributed by atoms with Gasteiger partial charge in [-0.15, -0.1) is 10.2 Å². The quantitative estimate of drug-likeness (QED) is 0.459. The highest BCUT2D eigenvalue weighted by Crippen LogP contribution is 2.20. The minimum absolute atomic E-state index is 0.0672. The van der Waals surface area contributed by atoms with Crippen LogP contribution in [-0.2, 0) is 6.42 Å². The number of hydrogen-bond donors (Lipinski definition) is 0. The van der Waals surface area contributed by atoms with Crippen LogP contribution in [0, 0.1) is 10.1 Å². The van der Waals surface area contributed by atoms with Gasteiger partial charge in [0.05, 0.1) is 11.3 Å². The highest BCUT2D eigenvalue weighted by atomic mass is 32.2. The van der Waals surface area contributed by atoms with Gasteiger partial charge in [-0.05, 0) is 12.0 Å². The first-order valence-electron chi connectivity index (χ1n) is 5.87. The molecular weight excluding hydrogens is 266 g/mol. The van der Waals surface area contributed by atoms with Crippen molar-refractivity contribution in [3.05, 3.63) is 45.8 Å². The van der Waals surface area contributed by atoms with Crippen molar-refractivity contribution in [2.75, 3.05) is 5.75 Å². The monoisotopic (exact) mass is 279 g/mol. The Hall–Kier alpha value is -1.89. The van der Waals surface area contributed by atoms with E-state index in [1.54, 1.807) is 12.1 Å². The Bertz CT molecular complexity index is 571. The molecule has 0 aliphatic rings. The molecule has 0 spiro atoms. The van der Waals surface area contributed by atoms with E-state index in [2.05, 4.69) is 17.1 Å². The molecule has 0 fully saturated rings. The van der Waals surface area contributed by atoms with Crippen LogP contribution in [0.2, 0.25) is 0 Å². The summed E-state index contributed by atoms with van der Waals surface area (Å²) in [6.45, 7) is 2.08. The first kappa shape index (κ1) is 13.5. The fourth-order valence-corrected chi connectivity index (χ4v) is 2.14. The zero-order valence-corrected chi connectivity index (χ0v) is 11.2. The SMILES string of the molecule is CCCSc1nnc(Cc2cccc([N+](=O)[O-])c2)o1. The summed E-state index contributed by atoms with van der Waals surface area (Å²) in [6.07, 6.45) is 1.44. The summed E-state index contributed by atoms with van der Waals surface area (Å²) in [5.41, 5.74) is 0.850. The number of thioether (sulfide) groups is 1. The van der Waals surface area contributed by atoms with Crippen LogP contribution in [0.25, 0.3) is 0 Å². The molecule has 0 N–H and O–H groups in total. The molecule has 0 amide bonds. The van der Waals surface area contributed by atoms with E-state index in [0.717, 1.165) is 17.7 Å². The van der Waals surface area contributed by atoms with Crippen LogP contribution in [0.3, 0.4) is 0 Å². The van der Waals surface area contributed by atoms with Gasteiger partial charge in [0, 0.05) is 17.9 Å². The molecule has 100 valence electrons. The maximum absolute atomic E-state index is 10.7. The van der Waals surface area contributed by atoms with Gasteiger partial charge in [0.25, 0.3) is 10.9 Å². The maximum Gasteiger partial charge on any atom is 0.276 e. The third kappa shape index (κ3) is 3.78. The third-order valence-corrected chi connectivity index (χ3v) is 3.38. The lowest BCUT2D eigenvalue weighted by Gasteiger charge is -1.97. The summed E-state index contributed by atoms with van der Waals surface area (Å²) in [4.78, 5) is 10.3. The number of rotatable bonds is 6. The van der Waals surface area contributed by atoms with E-state index in [4.69, 9.17) is 4.42 Å². The number of nitro benzene ring substituents is 1. The van der Waals surface area contributed by atoms with Gasteiger partial charge in [0.1, 0.15) is 0 Å². The fourth-order valence-electron chi connectivity index (χ4n) is 1.51. The molecule has 1 heterocycles. The molecule has 2 aromatic rings. The van der Waals surface area contributed by atoms with Crippen LogP contribution in [-0.4, -0.2) is 20.9 Å². The molecule has 0 saturated heterocycles. The Morgan fingerprint density at radius 2 is 2.26 bits per heavy atom. The Labute approximate surface area is 114 Å². The number of nitrogens with zero attached hydrogens (tertiary/aromatic N) is 3. The minimum Gasteiger partial charge on any atom is -0.416 e. The van der Waals surface area contributed by atoms with Crippen LogP contribution < -0.4 is 0 Å². The van der Waals surface area contributed by atoms with Crippen molar-refractivity contribution >= 4 is 17.4 Å². The van der Waals surface area contributed by atoms with Gasteiger partial charge in [-0.25, -0.2) is 0 Å². The van der Waals surface area contributed by atoms with Gasteiger partial charge in [0.15, 0.2) is 0 Å². The van der Waals surface area contributed by atoms with Gasteiger partial charge >= 0.3 is 0 Å². The predicted molar refractivity (Wildman–Crippen MR) is 71.2 cm³/mol. The first-order valence-corrected chi connectivity index (χ1v) is 6.86. The van der Waals surface area contributed by atoms with Crippen molar-refractivity contribution in [1.29, 1.82) is 0 Å². The number of non-ortho nitro benzene ring substituents is 1. The second kappa shape index (κ2) is 6.33. The molecule has 19 heavy (non-hydrogen) atoms. The largest absolute Gasteiger partial charge is 0.416 e. The highest BCUT2D eigenvalue weighted by Gasteiger charge is 2.10. The Morgan fingerprint density at radius 1 is 1.42 bits per heavy atom. The summed E-state index contributed by atoms with van der Waals surface area (Å²) >= 11 is 1.51. The van der Waals surface area contributed by atoms with Crippen LogP contribution in [0.4, 0.5) is 5.69 Å². The average Bonchev–Trinajstić information content (AvgIpc) is 2.84. The molecule has 2 rings (SSSR count). The molecule has 0 aliphatic heterocycles. The number of nitro groups is 1. The van der Waals surface area contributed by atoms with Crippen molar-refractivity contribution in [3.63, 3.8) is 0 Å². The van der Waals surface area contributed by atoms with Gasteiger partial charge in [0.2, 0.25) is 5.89 Å². The second-order valence-electron chi connectivity index (χ2n) is 3.91. The lowest BCUT2D eigenvalue weighted by atomic mass is 10.1. The molecule has 0 unspecified atom stereocenters. The van der Waals surface area contributed by atoms with Crippen molar-refractivity contribution in [2.24, 2.45) is 0 Å². The Balaban J connectivity index is 2.06. The second-order valence-corrected chi connectivity index (χ2v) is 4.96. The van der Waals surface area contributed by atoms with Gasteiger partial charge < -0.3 is 4.42 Å². The zero-order chi connectivity index (χ0) is 13.7. The van der Waals surface area contributed by atoms with Crippen LogP contribution in [0.1, 0.15) is 24.8 Å². The number of aromatic nitrogens is 2. The summed E-state index contributed by atoms with van der Waals surface area (Å²) < 4.78 is 5.46. The molecule has 1 aromatic heterocycles. The highest BCUT2D eigenvalue weighted by molar-refractivity contribution is 7.99. The molecule has 6 nitrogen and oxygen atoms in total. The fraction of sp³-hybridized carbons (Fsp3) is 0.333. The average molecular weight is 279 g/mol. The van der Waals surface area contributed by atoms with Gasteiger partial charge in [-0.2, -0.15) is 0 Å². The molecule has 7 heteroatoms. The predicted octanol–water partition coefficient (Wildman–Crippen LogP) is 3.07. The lowest BCUT2D eigenvalue weighted by molar-refractivity contribution is -0.384. The normalized spacial score (nSPS) is 10.6. The van der Waals surface area contributed by atoms with E-state index in [1.165, 1.54) is 23.9 Å². The van der Waals surface area contributed by atoms with E-state index < -0.39 is 4.92 Å². The molecule has 1 aromatic carbocycles. The van der Waals surface area contributed by atoms with Crippen LogP contribution >= 0.6 is 11.8 Å². The van der Waals surface area contributed by atoms with E-state index >= 15 is 0 Å². The molecule has 0 radical (unpaired) electrons. The van der Waals surface area contributed by atoms with Gasteiger partial charge in [-0.1, -0.05) is 30.8 Å². The summed E-state index contributed by atoms with van der Waals surface area (Å²) in [5, 5.41) is 19.1. The van der Waals surface area contributed by atoms with Crippen LogP contribution in [0.15, 0.2) is 33.9 Å². The van der Waals surface area contributed by atoms with E-state index in [-0.39, 0.29) is 5.69 Å². The zero-order valence-electron chi connectivity index (χ0n) is 10.4. The minimum atomic E-state index is -0.417. The number of benzene rings is 1. The third-order valence-electron chi connectivity index (χ3n) is 2.35. The first-order chi connectivity index (χ1) is 9.19. The maximum atomic E-state index is 10.7. The van der Waals surface area contributed by atoms with Crippen molar-refractivity contribution in [3.8, 4) is 0 Å². The van der Waals surface area contributed by atoms with Crippen molar-refractivity contribution < 1.29 is 9.34 Å². The van der Waals surface area contributed by atoms with E-state index in [9.17, 15) is 10.1 Å². The number of hydrogen-bond acceptors (Lipinski definition) is 6. The topological polar surface area (TPSA) is 82.1 Å². The summed E-state index contributed by atoms with van der Waals surface area (Å²) in [6, 6.07) is 6.43. The van der Waals surface area contributed by atoms with Crippen LogP contribution in [0.5, 0.6) is 0 Å². The molecule has 0 aliphatic carbocycles.